The third-order valence-corrected chi connectivity index (χ3v) is 3.45. The molecule has 0 atom stereocenters. The van der Waals surface area contributed by atoms with Crippen molar-refractivity contribution in [2.24, 2.45) is 0 Å². The van der Waals surface area contributed by atoms with Crippen LogP contribution in [0.25, 0.3) is 0 Å². The highest BCUT2D eigenvalue weighted by atomic mass is 32.2. The van der Waals surface area contributed by atoms with Crippen molar-refractivity contribution in [3.05, 3.63) is 29.8 Å². The molecule has 0 aliphatic heterocycles. The molecule has 1 aromatic carbocycles. The van der Waals surface area contributed by atoms with Crippen LogP contribution in [-0.4, -0.2) is 40.1 Å². The molecular weight excluding hydrogens is 250 g/mol. The maximum Gasteiger partial charge on any atom is 0.148 e. The van der Waals surface area contributed by atoms with Crippen LogP contribution in [0.1, 0.15) is 12.5 Å². The second-order valence-electron chi connectivity index (χ2n) is 4.23. The van der Waals surface area contributed by atoms with Gasteiger partial charge in [0.25, 0.3) is 0 Å². The first-order chi connectivity index (χ1) is 8.51. The lowest BCUT2D eigenvalue weighted by atomic mass is 10.2. The van der Waals surface area contributed by atoms with Crippen LogP contribution in [0.5, 0.6) is 5.75 Å². The average Bonchev–Trinajstić information content (AvgIpc) is 2.32. The number of hydrogen-bond donors (Lipinski definition) is 1. The van der Waals surface area contributed by atoms with Crippen molar-refractivity contribution >= 4 is 9.84 Å². The Morgan fingerprint density at radius 3 is 2.72 bits per heavy atom. The van der Waals surface area contributed by atoms with Gasteiger partial charge in [0.05, 0.1) is 5.75 Å². The highest BCUT2D eigenvalue weighted by Crippen LogP contribution is 2.13. The van der Waals surface area contributed by atoms with Gasteiger partial charge >= 0.3 is 0 Å². The van der Waals surface area contributed by atoms with Gasteiger partial charge in [0.2, 0.25) is 0 Å². The van der Waals surface area contributed by atoms with E-state index in [0.29, 0.717) is 19.7 Å². The maximum atomic E-state index is 10.9. The largest absolute Gasteiger partial charge is 0.492 e. The second kappa shape index (κ2) is 7.38. The van der Waals surface area contributed by atoms with Gasteiger partial charge in [-0.15, -0.1) is 0 Å². The summed E-state index contributed by atoms with van der Waals surface area (Å²) in [4.78, 5) is 0. The van der Waals surface area contributed by atoms with Crippen LogP contribution in [0, 0.1) is 0 Å². The van der Waals surface area contributed by atoms with E-state index in [2.05, 4.69) is 18.3 Å². The number of ether oxygens (including phenoxy) is 1. The standard InChI is InChI=1S/C13H21NO3S/c1-3-12-5-4-6-13(11-12)17-9-7-14-8-10-18(2,15)16/h4-6,11,14H,3,7-10H2,1-2H3. The Labute approximate surface area is 109 Å². The number of aryl methyl sites for hydroxylation is 1. The van der Waals surface area contributed by atoms with Crippen LogP contribution < -0.4 is 10.1 Å². The average molecular weight is 271 g/mol. The van der Waals surface area contributed by atoms with E-state index in [1.165, 1.54) is 11.8 Å². The third-order valence-electron chi connectivity index (χ3n) is 2.50. The first-order valence-corrected chi connectivity index (χ1v) is 8.17. The van der Waals surface area contributed by atoms with Gasteiger partial charge in [0, 0.05) is 19.3 Å². The van der Waals surface area contributed by atoms with Crippen molar-refractivity contribution in [1.29, 1.82) is 0 Å². The second-order valence-corrected chi connectivity index (χ2v) is 6.49. The SMILES string of the molecule is CCc1cccc(OCCNCCS(C)(=O)=O)c1. The lowest BCUT2D eigenvalue weighted by Gasteiger charge is -2.08. The molecule has 18 heavy (non-hydrogen) atoms. The Balaban J connectivity index is 2.18. The molecule has 0 amide bonds. The molecule has 0 aliphatic rings. The minimum absolute atomic E-state index is 0.165. The maximum absolute atomic E-state index is 10.9. The normalized spacial score (nSPS) is 11.4. The van der Waals surface area contributed by atoms with Crippen molar-refractivity contribution < 1.29 is 13.2 Å². The van der Waals surface area contributed by atoms with Gasteiger partial charge < -0.3 is 10.1 Å². The molecule has 1 N–H and O–H groups in total. The van der Waals surface area contributed by atoms with E-state index in [1.807, 2.05) is 18.2 Å². The molecule has 0 saturated heterocycles. The quantitative estimate of drug-likeness (QED) is 0.723. The predicted molar refractivity (Wildman–Crippen MR) is 73.9 cm³/mol. The van der Waals surface area contributed by atoms with E-state index in [9.17, 15) is 8.42 Å². The van der Waals surface area contributed by atoms with Crippen molar-refractivity contribution in [1.82, 2.24) is 5.32 Å². The van der Waals surface area contributed by atoms with Gasteiger partial charge in [-0.2, -0.15) is 0 Å². The summed E-state index contributed by atoms with van der Waals surface area (Å²) in [6.45, 7) is 3.76. The molecule has 102 valence electrons. The molecule has 0 unspecified atom stereocenters. The van der Waals surface area contributed by atoms with E-state index in [0.717, 1.165) is 12.2 Å². The minimum Gasteiger partial charge on any atom is -0.492 e. The summed E-state index contributed by atoms with van der Waals surface area (Å²) in [7, 11) is -2.88. The molecule has 0 saturated carbocycles. The molecule has 4 nitrogen and oxygen atoms in total. The zero-order valence-corrected chi connectivity index (χ0v) is 11.8. The minimum atomic E-state index is -2.88. The first kappa shape index (κ1) is 15.0. The molecule has 0 bridgehead atoms. The summed E-state index contributed by atoms with van der Waals surface area (Å²) >= 11 is 0. The van der Waals surface area contributed by atoms with Crippen LogP contribution >= 0.6 is 0 Å². The van der Waals surface area contributed by atoms with Crippen molar-refractivity contribution in [3.8, 4) is 5.75 Å². The van der Waals surface area contributed by atoms with Crippen LogP contribution in [-0.2, 0) is 16.3 Å². The number of sulfone groups is 1. The Morgan fingerprint density at radius 2 is 2.06 bits per heavy atom. The van der Waals surface area contributed by atoms with Gasteiger partial charge in [-0.05, 0) is 24.1 Å². The summed E-state index contributed by atoms with van der Waals surface area (Å²) in [5.41, 5.74) is 1.25. The molecule has 0 spiro atoms. The Morgan fingerprint density at radius 1 is 1.28 bits per heavy atom. The van der Waals surface area contributed by atoms with Crippen LogP contribution in [0.2, 0.25) is 0 Å². The van der Waals surface area contributed by atoms with E-state index in [4.69, 9.17) is 4.74 Å². The van der Waals surface area contributed by atoms with E-state index in [1.54, 1.807) is 0 Å². The predicted octanol–water partition coefficient (Wildman–Crippen LogP) is 1.26. The molecular formula is C13H21NO3S. The Bertz CT molecular complexity index is 457. The number of nitrogens with one attached hydrogen (secondary N) is 1. The fourth-order valence-electron chi connectivity index (χ4n) is 1.48. The Kier molecular flexibility index (Phi) is 6.15. The summed E-state index contributed by atoms with van der Waals surface area (Å²) in [5.74, 6) is 1.03. The van der Waals surface area contributed by atoms with Crippen LogP contribution in [0.4, 0.5) is 0 Å². The molecule has 0 heterocycles. The molecule has 0 fully saturated rings. The van der Waals surface area contributed by atoms with Gasteiger partial charge in [-0.1, -0.05) is 19.1 Å². The van der Waals surface area contributed by atoms with Crippen molar-refractivity contribution in [2.45, 2.75) is 13.3 Å². The fraction of sp³-hybridized carbons (Fsp3) is 0.538. The van der Waals surface area contributed by atoms with Crippen molar-refractivity contribution in [3.63, 3.8) is 0 Å². The number of benzene rings is 1. The van der Waals surface area contributed by atoms with Crippen LogP contribution in [0.15, 0.2) is 24.3 Å². The van der Waals surface area contributed by atoms with Gasteiger partial charge in [-0.3, -0.25) is 0 Å². The first-order valence-electron chi connectivity index (χ1n) is 6.11. The number of rotatable bonds is 8. The summed E-state index contributed by atoms with van der Waals surface area (Å²) in [6.07, 6.45) is 2.23. The lowest BCUT2D eigenvalue weighted by Crippen LogP contribution is -2.26. The fourth-order valence-corrected chi connectivity index (χ4v) is 1.99. The van der Waals surface area contributed by atoms with Crippen LogP contribution in [0.3, 0.4) is 0 Å². The molecule has 0 radical (unpaired) electrons. The van der Waals surface area contributed by atoms with Gasteiger partial charge in [-0.25, -0.2) is 8.42 Å². The molecule has 1 rings (SSSR count). The van der Waals surface area contributed by atoms with E-state index < -0.39 is 9.84 Å². The highest BCUT2D eigenvalue weighted by molar-refractivity contribution is 7.90. The third kappa shape index (κ3) is 6.61. The topological polar surface area (TPSA) is 55.4 Å². The number of hydrogen-bond acceptors (Lipinski definition) is 4. The monoisotopic (exact) mass is 271 g/mol. The molecule has 5 heteroatoms. The van der Waals surface area contributed by atoms with E-state index >= 15 is 0 Å². The smallest absolute Gasteiger partial charge is 0.148 e. The molecule has 0 aliphatic carbocycles. The van der Waals surface area contributed by atoms with Gasteiger partial charge in [0.15, 0.2) is 0 Å². The van der Waals surface area contributed by atoms with Crippen molar-refractivity contribution in [2.75, 3.05) is 31.7 Å². The summed E-state index contributed by atoms with van der Waals surface area (Å²) in [5, 5.41) is 3.04. The van der Waals surface area contributed by atoms with E-state index in [-0.39, 0.29) is 5.75 Å². The summed E-state index contributed by atoms with van der Waals surface area (Å²) in [6, 6.07) is 7.99. The molecule has 0 aromatic heterocycles. The Hall–Kier alpha value is -1.07. The van der Waals surface area contributed by atoms with Gasteiger partial charge in [0.1, 0.15) is 22.2 Å². The summed E-state index contributed by atoms with van der Waals surface area (Å²) < 4.78 is 27.3. The lowest BCUT2D eigenvalue weighted by molar-refractivity contribution is 0.315. The molecule has 1 aromatic rings. The zero-order chi connectivity index (χ0) is 13.4. The zero-order valence-electron chi connectivity index (χ0n) is 11.0. The highest BCUT2D eigenvalue weighted by Gasteiger charge is 2.00.